The van der Waals surface area contributed by atoms with Crippen molar-refractivity contribution in [3.63, 3.8) is 0 Å². The third-order valence-corrected chi connectivity index (χ3v) is 14.5. The van der Waals surface area contributed by atoms with E-state index in [0.717, 1.165) is 110 Å². The number of piperidine rings is 2. The van der Waals surface area contributed by atoms with E-state index in [2.05, 4.69) is 14.1 Å². The van der Waals surface area contributed by atoms with E-state index in [1.54, 1.807) is 52.0 Å². The Morgan fingerprint density at radius 1 is 0.470 bits per heavy atom. The fourth-order valence-corrected chi connectivity index (χ4v) is 10.8. The van der Waals surface area contributed by atoms with E-state index in [4.69, 9.17) is 28.4 Å². The Bertz CT molecular complexity index is 1860. The minimum atomic E-state index is -0.393. The number of hydrogen-bond donors (Lipinski definition) is 0. The number of halogens is 2. The van der Waals surface area contributed by atoms with Gasteiger partial charge in [-0.1, -0.05) is 39.8 Å². The van der Waals surface area contributed by atoms with Crippen molar-refractivity contribution in [2.24, 2.45) is 0 Å². The van der Waals surface area contributed by atoms with Gasteiger partial charge in [-0.15, -0.1) is 0 Å². The van der Waals surface area contributed by atoms with Crippen molar-refractivity contribution in [1.82, 2.24) is 0 Å². The molecule has 2 aromatic carbocycles. The van der Waals surface area contributed by atoms with Gasteiger partial charge in [-0.3, -0.25) is 28.8 Å². The first-order valence-corrected chi connectivity index (χ1v) is 23.8. The predicted octanol–water partition coefficient (Wildman–Crippen LogP) is 1.67. The monoisotopic (exact) mass is 1050 g/mol. The van der Waals surface area contributed by atoms with Crippen molar-refractivity contribution in [2.75, 3.05) is 27.2 Å². The van der Waals surface area contributed by atoms with Crippen LogP contribution in [0, 0.1) is 0 Å². The van der Waals surface area contributed by atoms with Gasteiger partial charge >= 0.3 is 35.8 Å². The summed E-state index contributed by atoms with van der Waals surface area (Å²) >= 11 is 0. The molecule has 0 saturated carbocycles. The molecule has 4 saturated heterocycles. The van der Waals surface area contributed by atoms with Crippen LogP contribution >= 0.6 is 0 Å². The number of ether oxygens (including phenoxy) is 6. The molecule has 0 amide bonds. The van der Waals surface area contributed by atoms with Gasteiger partial charge < -0.3 is 71.4 Å². The van der Waals surface area contributed by atoms with Gasteiger partial charge in [0.2, 0.25) is 0 Å². The predicted molar refractivity (Wildman–Crippen MR) is 236 cm³/mol. The molecular weight excluding hydrogens is 980 g/mol. The van der Waals surface area contributed by atoms with E-state index in [9.17, 15) is 28.8 Å². The summed E-state index contributed by atoms with van der Waals surface area (Å²) in [4.78, 5) is 74.2. The standard InChI is InChI=1S/C50H70N2O12.2BrH/c1-7-45(53)61-41-21-15-33(27-43(41)63-47(55)9-3)13-11-25-51(5)35-17-18-36(51)30-39(29-35)59-49(57)23-24-50(58)60-40-31-37-19-20-38(32-40)52(37,6)26-12-14-34-16-22-42(62-46(54)8-2)44(28-34)64-48(56)10-4;;/h15-16,21-22,27-28,35-40H,7-14,17-20,23-26,29-32H2,1-6H3;2*1H/q+2;;/p-2/t35-,36+,37-,38+,39?,40?,51?,52?;;. The molecule has 4 bridgehead atoms. The first kappa shape index (κ1) is 54.7. The number of hydrogen-bond acceptors (Lipinski definition) is 12. The Morgan fingerprint density at radius 3 is 1.08 bits per heavy atom. The summed E-state index contributed by atoms with van der Waals surface area (Å²) in [7, 11) is 4.63. The molecule has 0 aromatic heterocycles. The second-order valence-electron chi connectivity index (χ2n) is 18.7. The van der Waals surface area contributed by atoms with Crippen LogP contribution in [0.1, 0.15) is 142 Å². The van der Waals surface area contributed by atoms with E-state index in [1.165, 1.54) is 0 Å². The first-order valence-electron chi connectivity index (χ1n) is 23.8. The second-order valence-corrected chi connectivity index (χ2v) is 18.7. The molecule has 0 aliphatic carbocycles. The Morgan fingerprint density at radius 2 is 0.773 bits per heavy atom. The number of quaternary nitrogens is 2. The minimum absolute atomic E-state index is 0. The zero-order valence-corrected chi connectivity index (χ0v) is 42.8. The number of aryl methyl sites for hydroxylation is 2. The molecule has 4 unspecified atom stereocenters. The third kappa shape index (κ3) is 13.9. The van der Waals surface area contributed by atoms with Crippen LogP contribution in [0.3, 0.4) is 0 Å². The highest BCUT2D eigenvalue weighted by Crippen LogP contribution is 2.44. The topological polar surface area (TPSA) is 158 Å². The largest absolute Gasteiger partial charge is 1.00 e. The molecule has 366 valence electrons. The van der Waals surface area contributed by atoms with Gasteiger partial charge in [-0.2, -0.15) is 0 Å². The average Bonchev–Trinajstić information content (AvgIpc) is 3.50. The summed E-state index contributed by atoms with van der Waals surface area (Å²) in [6.07, 6.45) is 11.5. The molecule has 4 heterocycles. The summed E-state index contributed by atoms with van der Waals surface area (Å²) in [5.74, 6) is -1.22. The smallest absolute Gasteiger partial charge is 0.311 e. The number of esters is 6. The molecule has 0 spiro atoms. The van der Waals surface area contributed by atoms with Gasteiger partial charge in [0, 0.05) is 89.9 Å². The molecule has 16 heteroatoms. The minimum Gasteiger partial charge on any atom is -1.00 e. The van der Waals surface area contributed by atoms with Gasteiger partial charge in [0.1, 0.15) is 12.2 Å². The number of benzene rings is 2. The molecule has 0 N–H and O–H groups in total. The summed E-state index contributed by atoms with van der Waals surface area (Å²) in [6, 6.07) is 12.4. The number of carbonyl (C=O) groups excluding carboxylic acids is 6. The Kier molecular flexibility index (Phi) is 20.7. The lowest BCUT2D eigenvalue weighted by atomic mass is 9.95. The number of rotatable bonds is 21. The van der Waals surface area contributed by atoms with Crippen molar-refractivity contribution >= 4 is 35.8 Å². The lowest BCUT2D eigenvalue weighted by Crippen LogP contribution is -3.00. The van der Waals surface area contributed by atoms with E-state index >= 15 is 0 Å². The highest BCUT2D eigenvalue weighted by molar-refractivity contribution is 5.78. The van der Waals surface area contributed by atoms with Crippen molar-refractivity contribution in [2.45, 2.75) is 180 Å². The molecule has 8 atom stereocenters. The summed E-state index contributed by atoms with van der Waals surface area (Å²) in [6.45, 7) is 8.80. The normalized spacial score (nSPS) is 25.9. The van der Waals surface area contributed by atoms with E-state index < -0.39 is 23.9 Å². The molecule has 4 aliphatic rings. The number of fused-ring (bicyclic) bond motifs is 4. The SMILES string of the molecule is CCC(=O)Oc1ccc(CCC[N+]2(C)[C@@H]3CC[C@H]2CC(OC(=O)CCC(=O)OC2C[C@H]4CC[C@@H](C2)[N+]4(C)CCCc2ccc(OC(=O)CC)c(OC(=O)CC)c2)C3)cc1OC(=O)CC.[Br-].[Br-]. The highest BCUT2D eigenvalue weighted by atomic mass is 79.9. The second kappa shape index (κ2) is 25.0. The van der Waals surface area contributed by atoms with E-state index in [-0.39, 0.29) is 120 Å². The number of carbonyl (C=O) groups is 6. The Labute approximate surface area is 411 Å². The maximum Gasteiger partial charge on any atom is 0.311 e. The fraction of sp³-hybridized carbons (Fsp3) is 0.640. The summed E-state index contributed by atoms with van der Waals surface area (Å²) in [5, 5.41) is 0. The lowest BCUT2D eigenvalue weighted by Gasteiger charge is -2.47. The van der Waals surface area contributed by atoms with Crippen molar-refractivity contribution in [3.05, 3.63) is 47.5 Å². The lowest BCUT2D eigenvalue weighted by molar-refractivity contribution is -0.949. The van der Waals surface area contributed by atoms with Gasteiger partial charge in [0.05, 0.1) is 64.2 Å². The molecule has 66 heavy (non-hydrogen) atoms. The van der Waals surface area contributed by atoms with Crippen molar-refractivity contribution in [3.8, 4) is 23.0 Å². The van der Waals surface area contributed by atoms with Gasteiger partial charge in [0.15, 0.2) is 23.0 Å². The maximum atomic E-state index is 13.1. The Hall–Kier alpha value is -3.86. The van der Waals surface area contributed by atoms with Gasteiger partial charge in [-0.05, 0) is 48.2 Å². The molecule has 6 rings (SSSR count). The van der Waals surface area contributed by atoms with Crippen LogP contribution in [-0.4, -0.2) is 108 Å². The fourth-order valence-electron chi connectivity index (χ4n) is 10.8. The summed E-state index contributed by atoms with van der Waals surface area (Å²) < 4.78 is 35.7. The van der Waals surface area contributed by atoms with Crippen LogP contribution < -0.4 is 52.9 Å². The van der Waals surface area contributed by atoms with Crippen molar-refractivity contribution < 1.29 is 100 Å². The van der Waals surface area contributed by atoms with Crippen LogP contribution in [0.4, 0.5) is 0 Å². The van der Waals surface area contributed by atoms with Gasteiger partial charge in [0.25, 0.3) is 0 Å². The Balaban J connectivity index is 0.00000476. The van der Waals surface area contributed by atoms with Crippen molar-refractivity contribution in [1.29, 1.82) is 0 Å². The molecule has 2 aromatic rings. The van der Waals surface area contributed by atoms with Crippen LogP contribution in [-0.2, 0) is 51.1 Å². The zero-order chi connectivity index (χ0) is 46.0. The highest BCUT2D eigenvalue weighted by Gasteiger charge is 2.53. The number of nitrogens with zero attached hydrogens (tertiary/aromatic N) is 2. The molecule has 4 aliphatic heterocycles. The van der Waals surface area contributed by atoms with Gasteiger partial charge in [-0.25, -0.2) is 0 Å². The van der Waals surface area contributed by atoms with Crippen LogP contribution in [0.5, 0.6) is 23.0 Å². The van der Waals surface area contributed by atoms with E-state index in [1.807, 2.05) is 12.1 Å². The maximum absolute atomic E-state index is 13.1. The van der Waals surface area contributed by atoms with Crippen LogP contribution in [0.25, 0.3) is 0 Å². The molecular formula is C50H70Br2N2O12. The van der Waals surface area contributed by atoms with Crippen LogP contribution in [0.15, 0.2) is 36.4 Å². The van der Waals surface area contributed by atoms with E-state index in [0.29, 0.717) is 24.2 Å². The third-order valence-electron chi connectivity index (χ3n) is 14.5. The molecule has 4 fully saturated rings. The average molecular weight is 1050 g/mol. The summed E-state index contributed by atoms with van der Waals surface area (Å²) in [5.41, 5.74) is 2.01. The quantitative estimate of drug-likeness (QED) is 0.101. The first-order chi connectivity index (χ1) is 30.7. The molecule has 14 nitrogen and oxygen atoms in total. The zero-order valence-electron chi connectivity index (χ0n) is 39.6. The van der Waals surface area contributed by atoms with Crippen LogP contribution in [0.2, 0.25) is 0 Å². The molecule has 0 radical (unpaired) electrons.